The number of rotatable bonds is 5. The van der Waals surface area contributed by atoms with Crippen molar-refractivity contribution in [1.29, 1.82) is 0 Å². The molecular formula is C24H44N2O4. The Hall–Kier alpha value is -2.50. The van der Waals surface area contributed by atoms with Crippen LogP contribution in [0, 0.1) is 6.92 Å². The van der Waals surface area contributed by atoms with E-state index in [2.05, 4.69) is 23.8 Å². The molecule has 174 valence electrons. The van der Waals surface area contributed by atoms with E-state index in [0.717, 1.165) is 17.1 Å². The van der Waals surface area contributed by atoms with Crippen molar-refractivity contribution in [3.05, 3.63) is 35.8 Å². The van der Waals surface area contributed by atoms with Crippen LogP contribution in [0.5, 0.6) is 23.1 Å². The molecule has 6 nitrogen and oxygen atoms in total. The van der Waals surface area contributed by atoms with Gasteiger partial charge < -0.3 is 18.9 Å². The summed E-state index contributed by atoms with van der Waals surface area (Å²) in [6, 6.07) is 5.66. The molecule has 2 heterocycles. The molecule has 0 unspecified atom stereocenters. The number of aryl methyl sites for hydroxylation is 1. The number of ether oxygens (including phenoxy) is 4. The minimum atomic E-state index is 0.403. The normalized spacial score (nSPS) is 8.47. The molecule has 0 bridgehead atoms. The van der Waals surface area contributed by atoms with Crippen LogP contribution in [0.2, 0.25) is 0 Å². The van der Waals surface area contributed by atoms with Crippen LogP contribution in [-0.4, -0.2) is 38.4 Å². The van der Waals surface area contributed by atoms with Crippen molar-refractivity contribution >= 4 is 0 Å². The van der Waals surface area contributed by atoms with E-state index in [9.17, 15) is 0 Å². The van der Waals surface area contributed by atoms with Crippen molar-refractivity contribution in [3.8, 4) is 23.1 Å². The highest BCUT2D eigenvalue weighted by atomic mass is 16.5. The van der Waals surface area contributed by atoms with Crippen LogP contribution in [0.4, 0.5) is 0 Å². The molecule has 0 aliphatic rings. The molecule has 6 heteroatoms. The average Bonchev–Trinajstić information content (AvgIpc) is 2.82. The number of nitrogens with zero attached hydrogens (tertiary/aromatic N) is 2. The van der Waals surface area contributed by atoms with Gasteiger partial charge in [-0.2, -0.15) is 0 Å². The van der Waals surface area contributed by atoms with Crippen LogP contribution in [0.15, 0.2) is 24.4 Å². The highest BCUT2D eigenvalue weighted by Crippen LogP contribution is 2.26. The van der Waals surface area contributed by atoms with Crippen LogP contribution in [0.25, 0.3) is 0 Å². The Labute approximate surface area is 185 Å². The van der Waals surface area contributed by atoms with Gasteiger partial charge in [0.25, 0.3) is 5.88 Å². The van der Waals surface area contributed by atoms with Gasteiger partial charge in [-0.1, -0.05) is 55.4 Å². The third-order valence-electron chi connectivity index (χ3n) is 3.26. The zero-order valence-electron chi connectivity index (χ0n) is 21.4. The molecule has 0 fully saturated rings. The van der Waals surface area contributed by atoms with E-state index in [-0.39, 0.29) is 0 Å². The summed E-state index contributed by atoms with van der Waals surface area (Å²) in [7, 11) is 6.40. The number of hydrogen-bond acceptors (Lipinski definition) is 6. The molecule has 0 aliphatic carbocycles. The fourth-order valence-electron chi connectivity index (χ4n) is 1.90. The van der Waals surface area contributed by atoms with Crippen LogP contribution in [0.1, 0.15) is 72.7 Å². The van der Waals surface area contributed by atoms with E-state index in [1.54, 1.807) is 34.6 Å². The monoisotopic (exact) mass is 424 g/mol. The van der Waals surface area contributed by atoms with Crippen molar-refractivity contribution in [3.63, 3.8) is 0 Å². The first kappa shape index (κ1) is 32.2. The van der Waals surface area contributed by atoms with Crippen LogP contribution < -0.4 is 18.9 Å². The van der Waals surface area contributed by atoms with E-state index < -0.39 is 0 Å². The number of methoxy groups -OCH3 is 4. The molecule has 0 saturated carbocycles. The quantitative estimate of drug-likeness (QED) is 0.531. The van der Waals surface area contributed by atoms with Crippen LogP contribution >= 0.6 is 0 Å². The van der Waals surface area contributed by atoms with Gasteiger partial charge in [-0.05, 0) is 25.0 Å². The minimum absolute atomic E-state index is 0.403. The summed E-state index contributed by atoms with van der Waals surface area (Å²) in [4.78, 5) is 8.37. The van der Waals surface area contributed by atoms with Gasteiger partial charge in [-0.25, -0.2) is 4.98 Å². The molecule has 0 radical (unpaired) electrons. The Morgan fingerprint density at radius 1 is 0.700 bits per heavy atom. The van der Waals surface area contributed by atoms with Gasteiger partial charge in [-0.15, -0.1) is 0 Å². The molecule has 30 heavy (non-hydrogen) atoms. The second kappa shape index (κ2) is 21.2. The lowest BCUT2D eigenvalue weighted by Gasteiger charge is -2.09. The van der Waals surface area contributed by atoms with E-state index >= 15 is 0 Å². The lowest BCUT2D eigenvalue weighted by molar-refractivity contribution is 0.341. The molecule has 0 saturated heterocycles. The Balaban J connectivity index is -0.000000392. The number of hydrogen-bond donors (Lipinski definition) is 0. The zero-order valence-corrected chi connectivity index (χ0v) is 21.4. The third-order valence-corrected chi connectivity index (χ3v) is 3.26. The molecule has 0 atom stereocenters. The van der Waals surface area contributed by atoms with Crippen molar-refractivity contribution in [2.24, 2.45) is 0 Å². The smallest absolute Gasteiger partial charge is 0.256 e. The summed E-state index contributed by atoms with van der Waals surface area (Å²) in [6.07, 6.45) is 1.65. The molecule has 0 aliphatic heterocycles. The van der Waals surface area contributed by atoms with E-state index in [4.69, 9.17) is 18.9 Å². The van der Waals surface area contributed by atoms with Crippen molar-refractivity contribution in [2.45, 2.75) is 68.2 Å². The fourth-order valence-corrected chi connectivity index (χ4v) is 1.90. The Kier molecular flexibility index (Phi) is 22.8. The van der Waals surface area contributed by atoms with E-state index in [0.29, 0.717) is 23.3 Å². The lowest BCUT2D eigenvalue weighted by Crippen LogP contribution is -1.98. The molecule has 0 spiro atoms. The molecule has 2 rings (SSSR count). The summed E-state index contributed by atoms with van der Waals surface area (Å²) in [5, 5.41) is 0. The van der Waals surface area contributed by atoms with Crippen LogP contribution in [0.3, 0.4) is 0 Å². The first-order chi connectivity index (χ1) is 14.5. The fraction of sp³-hybridized carbons (Fsp3) is 0.583. The van der Waals surface area contributed by atoms with Crippen molar-refractivity contribution < 1.29 is 18.9 Å². The van der Waals surface area contributed by atoms with Gasteiger partial charge in [0, 0.05) is 17.5 Å². The standard InChI is InChI=1S/C10H15NO2.C8H11NO2.3C2H6/c1-7(2)8-5-6-9(12-3)10(11-8)13-4;1-6-4-7(10-2)8(11-3)5-9-6;3*1-2/h5-7H,1-4H3;4-5H,1-3H3;3*1-2H3. The topological polar surface area (TPSA) is 62.7 Å². The second-order valence-electron chi connectivity index (χ2n) is 5.28. The summed E-state index contributed by atoms with van der Waals surface area (Å²) >= 11 is 0. The molecule has 2 aromatic rings. The van der Waals surface area contributed by atoms with Gasteiger partial charge in [0.2, 0.25) is 0 Å². The van der Waals surface area contributed by atoms with Crippen molar-refractivity contribution in [2.75, 3.05) is 28.4 Å². The average molecular weight is 425 g/mol. The minimum Gasteiger partial charge on any atom is -0.493 e. The zero-order chi connectivity index (χ0) is 24.1. The van der Waals surface area contributed by atoms with Crippen molar-refractivity contribution in [1.82, 2.24) is 9.97 Å². The highest BCUT2D eigenvalue weighted by Gasteiger charge is 2.08. The SMILES string of the molecule is CC.CC.CC.COc1ccc(C(C)C)nc1OC.COc1cnc(C)cc1OC. The molecule has 2 aromatic heterocycles. The van der Waals surface area contributed by atoms with Gasteiger partial charge in [0.15, 0.2) is 17.2 Å². The first-order valence-electron chi connectivity index (χ1n) is 10.6. The van der Waals surface area contributed by atoms with Gasteiger partial charge in [-0.3, -0.25) is 4.98 Å². The molecular weight excluding hydrogens is 380 g/mol. The second-order valence-corrected chi connectivity index (χ2v) is 5.28. The van der Waals surface area contributed by atoms with Gasteiger partial charge in [0.1, 0.15) is 0 Å². The van der Waals surface area contributed by atoms with Gasteiger partial charge >= 0.3 is 0 Å². The first-order valence-corrected chi connectivity index (χ1v) is 10.6. The summed E-state index contributed by atoms with van der Waals surface area (Å²) in [5.41, 5.74) is 1.93. The maximum Gasteiger partial charge on any atom is 0.256 e. The largest absolute Gasteiger partial charge is 0.493 e. The number of aromatic nitrogens is 2. The van der Waals surface area contributed by atoms with Gasteiger partial charge in [0.05, 0.1) is 34.6 Å². The molecule has 0 N–H and O–H groups in total. The molecule has 0 aromatic carbocycles. The van der Waals surface area contributed by atoms with Crippen LogP contribution in [-0.2, 0) is 0 Å². The maximum absolute atomic E-state index is 5.09. The van der Waals surface area contributed by atoms with E-state index in [1.165, 1.54) is 0 Å². The summed E-state index contributed by atoms with van der Waals surface area (Å²) < 4.78 is 20.2. The Morgan fingerprint density at radius 3 is 1.60 bits per heavy atom. The molecule has 0 amide bonds. The summed E-state index contributed by atoms with van der Waals surface area (Å²) in [6.45, 7) is 18.1. The maximum atomic E-state index is 5.09. The Morgan fingerprint density at radius 2 is 1.20 bits per heavy atom. The lowest BCUT2D eigenvalue weighted by atomic mass is 10.1. The number of pyridine rings is 2. The predicted octanol–water partition coefficient (Wildman–Crippen LogP) is 6.71. The Bertz CT molecular complexity index is 647. The van der Waals surface area contributed by atoms with E-state index in [1.807, 2.05) is 66.7 Å². The predicted molar refractivity (Wildman–Crippen MR) is 128 cm³/mol. The highest BCUT2D eigenvalue weighted by molar-refractivity contribution is 5.38. The third kappa shape index (κ3) is 12.1. The summed E-state index contributed by atoms with van der Waals surface area (Å²) in [5.74, 6) is 3.01.